The molecule has 5 rings (SSSR count). The van der Waals surface area contributed by atoms with Crippen LogP contribution in [0.4, 0.5) is 4.79 Å². The number of carbonyl (C=O) groups is 3. The van der Waals surface area contributed by atoms with Crippen molar-refractivity contribution in [2.75, 3.05) is 27.0 Å². The number of aliphatic hydroxyl groups excluding tert-OH is 1. The summed E-state index contributed by atoms with van der Waals surface area (Å²) in [4.78, 5) is 46.4. The monoisotopic (exact) mass is 744 g/mol. The molecule has 1 aromatic rings. The second-order valence-corrected chi connectivity index (χ2v) is 17.1. The molecule has 1 amide bonds. The van der Waals surface area contributed by atoms with Gasteiger partial charge in [-0.15, -0.1) is 11.8 Å². The minimum Gasteiger partial charge on any atom is -0.458 e. The maximum atomic E-state index is 14.3. The van der Waals surface area contributed by atoms with Gasteiger partial charge in [0.25, 0.3) is 0 Å². The zero-order valence-corrected chi connectivity index (χ0v) is 33.6. The second-order valence-electron chi connectivity index (χ2n) is 16.0. The van der Waals surface area contributed by atoms with Gasteiger partial charge in [0.05, 0.1) is 29.9 Å². The van der Waals surface area contributed by atoms with Crippen LogP contribution in [0.15, 0.2) is 46.9 Å². The first-order valence-corrected chi connectivity index (χ1v) is 19.8. The summed E-state index contributed by atoms with van der Waals surface area (Å²) in [6, 6.07) is 9.54. The number of Topliss-reactive ketones (excluding diaryl/α,β-unsaturated/α-hetero) is 1. The van der Waals surface area contributed by atoms with Crippen LogP contribution >= 0.6 is 11.8 Å². The third-order valence-electron chi connectivity index (χ3n) is 12.2. The highest BCUT2D eigenvalue weighted by Gasteiger charge is 2.73. The number of carbonyl (C=O) groups excluding carboxylic acids is 3. The molecule has 4 heterocycles. The van der Waals surface area contributed by atoms with Crippen LogP contribution < -0.4 is 0 Å². The third-order valence-corrected chi connectivity index (χ3v) is 13.1. The van der Waals surface area contributed by atoms with Gasteiger partial charge in [-0.25, -0.2) is 4.79 Å². The van der Waals surface area contributed by atoms with Gasteiger partial charge in [-0.1, -0.05) is 57.5 Å². The SMILES string of the molecule is CC[C@H]1OC(=O)[C@H](C)C(=O)[C@H](C)[C@@H](O[C@@H]2O[C@H](C)C[C@H](N(C)C)[C@H]2O)[C@](C)(OC)C[C@@H](C)/C(=C\CSc2ccccc2)[C@H](C)C2C3N2C(=O)O[C@@]31C. The highest BCUT2D eigenvalue weighted by Crippen LogP contribution is 2.54. The largest absolute Gasteiger partial charge is 0.458 e. The fraction of sp³-hybridized carbons (Fsp3) is 0.725. The second kappa shape index (κ2) is 16.1. The molecule has 52 heavy (non-hydrogen) atoms. The molecule has 4 saturated heterocycles. The molecule has 12 heteroatoms. The molecule has 0 bridgehead atoms. The molecule has 0 aliphatic carbocycles. The van der Waals surface area contributed by atoms with Crippen LogP contribution in [0.2, 0.25) is 0 Å². The number of thioether (sulfide) groups is 1. The Morgan fingerprint density at radius 3 is 2.35 bits per heavy atom. The van der Waals surface area contributed by atoms with Gasteiger partial charge in [0.2, 0.25) is 0 Å². The number of ketones is 1. The standard InChI is InChI=1S/C40H60N2O9S/c1-12-30-40(8)34-31(42(34)38(46)51-40)24(4)28(18-19-52-27-16-14-13-15-17-27)22(2)21-39(7,47-11)35(25(5)32(43)26(6)36(45)49-30)50-37-33(44)29(41(9)10)20-23(3)48-37/h13-18,22-26,29-31,33-35,37,44H,12,19-21H2,1-11H3/b28-18+/t22-,23-,24+,25+,26-,29+,30-,31?,33-,34?,35-,37+,39-,40-,42?/m1/s1. The Morgan fingerprint density at radius 2 is 1.73 bits per heavy atom. The number of rotatable bonds is 8. The summed E-state index contributed by atoms with van der Waals surface area (Å²) in [7, 11) is 5.43. The van der Waals surface area contributed by atoms with Crippen LogP contribution in [0.1, 0.15) is 74.7 Å². The zero-order chi connectivity index (χ0) is 38.3. The Labute approximate surface area is 314 Å². The first kappa shape index (κ1) is 40.7. The lowest BCUT2D eigenvalue weighted by molar-refractivity contribution is -0.295. The molecule has 0 saturated carbocycles. The van der Waals surface area contributed by atoms with E-state index in [2.05, 4.69) is 32.1 Å². The Morgan fingerprint density at radius 1 is 1.06 bits per heavy atom. The number of cyclic esters (lactones) is 1. The molecule has 1 aromatic carbocycles. The minimum absolute atomic E-state index is 0.0643. The van der Waals surface area contributed by atoms with Gasteiger partial charge in [-0.05, 0) is 79.1 Å². The highest BCUT2D eigenvalue weighted by molar-refractivity contribution is 7.99. The van der Waals surface area contributed by atoms with E-state index in [-0.39, 0.29) is 41.8 Å². The van der Waals surface area contributed by atoms with Crippen LogP contribution in [0.3, 0.4) is 0 Å². The lowest BCUT2D eigenvalue weighted by Gasteiger charge is -2.47. The van der Waals surface area contributed by atoms with E-state index >= 15 is 0 Å². The number of hydrogen-bond donors (Lipinski definition) is 1. The van der Waals surface area contributed by atoms with Gasteiger partial charge in [-0.3, -0.25) is 14.5 Å². The van der Waals surface area contributed by atoms with Gasteiger partial charge in [-0.2, -0.15) is 0 Å². The van der Waals surface area contributed by atoms with Crippen molar-refractivity contribution in [3.05, 3.63) is 42.0 Å². The molecule has 0 radical (unpaired) electrons. The van der Waals surface area contributed by atoms with Crippen LogP contribution in [0.5, 0.6) is 0 Å². The van der Waals surface area contributed by atoms with E-state index in [0.717, 1.165) is 10.5 Å². The van der Waals surface area contributed by atoms with Crippen molar-refractivity contribution in [2.45, 2.75) is 140 Å². The minimum atomic E-state index is -1.14. The van der Waals surface area contributed by atoms with Gasteiger partial charge >= 0.3 is 12.1 Å². The average Bonchev–Trinajstić information content (AvgIpc) is 3.82. The van der Waals surface area contributed by atoms with E-state index in [4.69, 9.17) is 23.7 Å². The molecule has 290 valence electrons. The third kappa shape index (κ3) is 7.84. The van der Waals surface area contributed by atoms with E-state index in [1.165, 1.54) is 0 Å². The van der Waals surface area contributed by atoms with Gasteiger partial charge < -0.3 is 33.7 Å². The van der Waals surface area contributed by atoms with Crippen molar-refractivity contribution in [3.8, 4) is 0 Å². The smallest absolute Gasteiger partial charge is 0.411 e. The number of hydrogen-bond acceptors (Lipinski definition) is 11. The van der Waals surface area contributed by atoms with Gasteiger partial charge in [0, 0.05) is 35.6 Å². The summed E-state index contributed by atoms with van der Waals surface area (Å²) in [5, 5.41) is 11.5. The van der Waals surface area contributed by atoms with E-state index in [9.17, 15) is 19.5 Å². The molecule has 14 atom stereocenters. The fourth-order valence-electron chi connectivity index (χ4n) is 9.09. The van der Waals surface area contributed by atoms with Crippen molar-refractivity contribution in [2.24, 2.45) is 23.7 Å². The van der Waals surface area contributed by atoms with E-state index in [1.54, 1.807) is 37.6 Å². The predicted molar refractivity (Wildman–Crippen MR) is 199 cm³/mol. The molecule has 4 fully saturated rings. The lowest BCUT2D eigenvalue weighted by atomic mass is 9.74. The molecule has 0 spiro atoms. The Hall–Kier alpha value is -2.48. The molecule has 0 aromatic heterocycles. The fourth-order valence-corrected chi connectivity index (χ4v) is 9.91. The van der Waals surface area contributed by atoms with Crippen molar-refractivity contribution >= 4 is 29.6 Å². The summed E-state index contributed by atoms with van der Waals surface area (Å²) in [5.41, 5.74) is -0.995. The summed E-state index contributed by atoms with van der Waals surface area (Å²) < 4.78 is 31.4. The van der Waals surface area contributed by atoms with Crippen molar-refractivity contribution in [3.63, 3.8) is 0 Å². The highest BCUT2D eigenvalue weighted by atomic mass is 32.2. The van der Waals surface area contributed by atoms with Crippen molar-refractivity contribution in [1.29, 1.82) is 0 Å². The maximum Gasteiger partial charge on any atom is 0.411 e. The van der Waals surface area contributed by atoms with E-state index in [0.29, 0.717) is 25.0 Å². The maximum absolute atomic E-state index is 14.3. The first-order valence-electron chi connectivity index (χ1n) is 18.8. The Bertz CT molecular complexity index is 1480. The summed E-state index contributed by atoms with van der Waals surface area (Å²) in [6.07, 6.45) is -0.583. The number of ether oxygens (including phenoxy) is 5. The molecule has 1 N–H and O–H groups in total. The number of fused-ring (bicyclic) bond motifs is 1. The Kier molecular flexibility index (Phi) is 12.6. The number of amides is 1. The van der Waals surface area contributed by atoms with Crippen LogP contribution in [0, 0.1) is 23.7 Å². The molecular weight excluding hydrogens is 685 g/mol. The molecule has 11 nitrogen and oxygen atoms in total. The topological polar surface area (TPSA) is 124 Å². The molecule has 4 aliphatic rings. The number of benzene rings is 1. The molecule has 4 aliphatic heterocycles. The van der Waals surface area contributed by atoms with Crippen LogP contribution in [-0.4, -0.2) is 120 Å². The summed E-state index contributed by atoms with van der Waals surface area (Å²) in [6.45, 7) is 15.2. The van der Waals surface area contributed by atoms with Gasteiger partial charge in [0.1, 0.15) is 18.1 Å². The van der Waals surface area contributed by atoms with E-state index in [1.807, 2.05) is 64.9 Å². The zero-order valence-electron chi connectivity index (χ0n) is 32.7. The molecular formula is C40H60N2O9S. The molecule has 2 unspecified atom stereocenters. The Balaban J connectivity index is 1.58. The number of esters is 1. The predicted octanol–water partition coefficient (Wildman–Crippen LogP) is 5.72. The van der Waals surface area contributed by atoms with Crippen LogP contribution in [0.25, 0.3) is 0 Å². The van der Waals surface area contributed by atoms with E-state index < -0.39 is 59.7 Å². The number of aliphatic hydroxyl groups is 1. The number of likely N-dealkylation sites (N-methyl/N-ethyl adjacent to an activating group) is 1. The first-order chi connectivity index (χ1) is 24.5. The van der Waals surface area contributed by atoms with Crippen LogP contribution in [-0.2, 0) is 33.3 Å². The lowest BCUT2D eigenvalue weighted by Crippen LogP contribution is -2.59. The quantitative estimate of drug-likeness (QED) is 0.116. The van der Waals surface area contributed by atoms with Crippen molar-refractivity contribution in [1.82, 2.24) is 9.80 Å². The summed E-state index contributed by atoms with van der Waals surface area (Å²) in [5.74, 6) is -2.48. The number of methoxy groups -OCH3 is 1. The summed E-state index contributed by atoms with van der Waals surface area (Å²) >= 11 is 1.74. The number of nitrogens with zero attached hydrogens (tertiary/aromatic N) is 2. The normalized spacial score (nSPS) is 42.4. The average molecular weight is 745 g/mol. The van der Waals surface area contributed by atoms with Crippen molar-refractivity contribution < 1.29 is 43.2 Å². The van der Waals surface area contributed by atoms with Gasteiger partial charge in [0.15, 0.2) is 17.7 Å².